The van der Waals surface area contributed by atoms with Gasteiger partial charge in [0.25, 0.3) is 0 Å². The molecule has 1 heterocycles. The molecule has 2 unspecified atom stereocenters. The van der Waals surface area contributed by atoms with Gasteiger partial charge in [-0.3, -0.25) is 4.79 Å². The van der Waals surface area contributed by atoms with E-state index in [-0.39, 0.29) is 18.4 Å². The van der Waals surface area contributed by atoms with Gasteiger partial charge in [0.05, 0.1) is 32.2 Å². The summed E-state index contributed by atoms with van der Waals surface area (Å²) in [5.74, 6) is -0.575. The number of aliphatic hydroxyl groups is 1. The Hall–Kier alpha value is -2.11. The maximum absolute atomic E-state index is 11.5. The molecule has 6 heteroatoms. The summed E-state index contributed by atoms with van der Waals surface area (Å²) in [6.45, 7) is 5.88. The Morgan fingerprint density at radius 2 is 2.16 bits per heavy atom. The maximum atomic E-state index is 11.5. The van der Waals surface area contributed by atoms with E-state index < -0.39 is 11.2 Å². The van der Waals surface area contributed by atoms with Gasteiger partial charge in [0.1, 0.15) is 0 Å². The average Bonchev–Trinajstić information content (AvgIpc) is 3.05. The second kappa shape index (κ2) is 10.7. The largest absolute Gasteiger partial charge is 0.500 e. The van der Waals surface area contributed by atoms with E-state index in [1.807, 2.05) is 19.1 Å². The summed E-state index contributed by atoms with van der Waals surface area (Å²) in [6, 6.07) is 0. The lowest BCUT2D eigenvalue weighted by molar-refractivity contribution is -0.137. The Bertz CT molecular complexity index is 628. The first-order chi connectivity index (χ1) is 12.0. The van der Waals surface area contributed by atoms with Crippen LogP contribution in [0.1, 0.15) is 13.3 Å². The zero-order valence-electron chi connectivity index (χ0n) is 14.4. The van der Waals surface area contributed by atoms with Crippen molar-refractivity contribution in [2.24, 2.45) is 11.8 Å². The van der Waals surface area contributed by atoms with E-state index in [2.05, 4.69) is 11.3 Å². The molecule has 0 aromatic heterocycles. The number of ether oxygens (including phenoxy) is 2. The lowest BCUT2D eigenvalue weighted by atomic mass is 9.85. The fourth-order valence-corrected chi connectivity index (χ4v) is 2.95. The van der Waals surface area contributed by atoms with Gasteiger partial charge in [0.2, 0.25) is 5.24 Å². The Kier molecular flexibility index (Phi) is 8.95. The summed E-state index contributed by atoms with van der Waals surface area (Å²) in [5.41, 5.74) is 1.90. The number of carbonyl (C=O) groups excluding carboxylic acids is 2. The van der Waals surface area contributed by atoms with Gasteiger partial charge in [-0.15, -0.1) is 0 Å². The van der Waals surface area contributed by atoms with Crippen molar-refractivity contribution in [3.8, 4) is 0 Å². The fourth-order valence-electron chi connectivity index (χ4n) is 2.73. The molecule has 1 aliphatic carbocycles. The Morgan fingerprint density at radius 1 is 1.44 bits per heavy atom. The third kappa shape index (κ3) is 5.73. The first-order valence-corrected chi connectivity index (χ1v) is 8.22. The molecule has 0 spiro atoms. The van der Waals surface area contributed by atoms with Crippen molar-refractivity contribution < 1.29 is 24.2 Å². The third-order valence-corrected chi connectivity index (χ3v) is 4.12. The first kappa shape index (κ1) is 20.9. The van der Waals surface area contributed by atoms with Gasteiger partial charge in [-0.1, -0.05) is 37.0 Å². The summed E-state index contributed by atoms with van der Waals surface area (Å²) < 4.78 is 9.85. The van der Waals surface area contributed by atoms with Crippen molar-refractivity contribution in [2.45, 2.75) is 13.3 Å². The highest BCUT2D eigenvalue weighted by Crippen LogP contribution is 2.40. The summed E-state index contributed by atoms with van der Waals surface area (Å²) in [5, 5.41) is 8.15. The summed E-state index contributed by atoms with van der Waals surface area (Å²) in [7, 11) is 1.32. The van der Waals surface area contributed by atoms with E-state index in [4.69, 9.17) is 21.4 Å². The number of rotatable bonds is 5. The third-order valence-electron chi connectivity index (χ3n) is 3.91. The molecule has 0 radical (unpaired) electrons. The number of halogens is 1. The van der Waals surface area contributed by atoms with E-state index in [1.54, 1.807) is 18.2 Å². The highest BCUT2D eigenvalue weighted by molar-refractivity contribution is 6.67. The predicted molar refractivity (Wildman–Crippen MR) is 96.8 cm³/mol. The lowest BCUT2D eigenvalue weighted by Crippen LogP contribution is -2.28. The molecule has 0 saturated heterocycles. The molecule has 1 N–H and O–H groups in total. The number of esters is 1. The lowest BCUT2D eigenvalue weighted by Gasteiger charge is -2.26. The van der Waals surface area contributed by atoms with Gasteiger partial charge in [-0.25, -0.2) is 4.79 Å². The molecule has 0 saturated carbocycles. The van der Waals surface area contributed by atoms with Crippen LogP contribution in [0.25, 0.3) is 0 Å². The molecule has 0 amide bonds. The van der Waals surface area contributed by atoms with Crippen molar-refractivity contribution in [3.05, 3.63) is 59.9 Å². The molecule has 25 heavy (non-hydrogen) atoms. The van der Waals surface area contributed by atoms with Crippen LogP contribution in [0.3, 0.4) is 0 Å². The molecule has 2 aliphatic rings. The molecule has 1 aliphatic heterocycles. The van der Waals surface area contributed by atoms with Crippen molar-refractivity contribution >= 4 is 22.8 Å². The number of fused-ring (bicyclic) bond motifs is 1. The molecule has 5 nitrogen and oxygen atoms in total. The van der Waals surface area contributed by atoms with Gasteiger partial charge in [-0.2, -0.15) is 0 Å². The first-order valence-electron chi connectivity index (χ1n) is 7.85. The van der Waals surface area contributed by atoms with Crippen molar-refractivity contribution in [2.75, 3.05) is 20.3 Å². The van der Waals surface area contributed by atoms with Crippen LogP contribution in [0.5, 0.6) is 0 Å². The van der Waals surface area contributed by atoms with Gasteiger partial charge in [-0.05, 0) is 30.5 Å². The number of methoxy groups -OCH3 is 1. The van der Waals surface area contributed by atoms with Gasteiger partial charge >= 0.3 is 5.97 Å². The number of aliphatic hydroxyl groups excluding tert-OH is 1. The second-order valence-electron chi connectivity index (χ2n) is 5.42. The molecule has 2 atom stereocenters. The zero-order valence-corrected chi connectivity index (χ0v) is 15.2. The molecule has 0 fully saturated rings. The minimum Gasteiger partial charge on any atom is -0.500 e. The number of carbonyl (C=O) groups is 2. The molecule has 136 valence electrons. The normalized spacial score (nSPS) is 22.0. The summed E-state index contributed by atoms with van der Waals surface area (Å²) >= 11 is 5.47. The molecule has 0 aromatic rings. The minimum absolute atomic E-state index is 0.0427. The molecular weight excluding hydrogens is 344 g/mol. The topological polar surface area (TPSA) is 72.8 Å². The molecule has 2 rings (SSSR count). The van der Waals surface area contributed by atoms with Crippen LogP contribution in [-0.4, -0.2) is 36.6 Å². The van der Waals surface area contributed by atoms with E-state index >= 15 is 0 Å². The van der Waals surface area contributed by atoms with Crippen LogP contribution in [0, 0.1) is 11.8 Å². The van der Waals surface area contributed by atoms with Crippen LogP contribution in [0.2, 0.25) is 0 Å². The monoisotopic (exact) mass is 366 g/mol. The fraction of sp³-hybridized carbons (Fsp3) is 0.368. The van der Waals surface area contributed by atoms with Gasteiger partial charge in [0.15, 0.2) is 0 Å². The van der Waals surface area contributed by atoms with Crippen LogP contribution in [0.15, 0.2) is 59.9 Å². The standard InChI is InChI=1S/C11H11ClO4.C8H12O/c1-15-11(14)9-5-16-4-8-6(9)2-3-7(8)10(12)13;1-3-5-8(7-9)6-4-2/h3,5-6,8H,2,4H2,1H3;3-6,9H,1,7H2,2H3/b;6-4-,8-5+. The Labute approximate surface area is 153 Å². The maximum Gasteiger partial charge on any atom is 0.337 e. The molecule has 0 bridgehead atoms. The smallest absolute Gasteiger partial charge is 0.337 e. The molecular formula is C19H23ClO5. The van der Waals surface area contributed by atoms with Crippen LogP contribution in [-0.2, 0) is 19.1 Å². The summed E-state index contributed by atoms with van der Waals surface area (Å²) in [4.78, 5) is 22.6. The highest BCUT2D eigenvalue weighted by atomic mass is 35.5. The zero-order chi connectivity index (χ0) is 18.8. The van der Waals surface area contributed by atoms with Gasteiger partial charge in [0, 0.05) is 17.4 Å². The van der Waals surface area contributed by atoms with Gasteiger partial charge < -0.3 is 14.6 Å². The van der Waals surface area contributed by atoms with Crippen molar-refractivity contribution in [1.82, 2.24) is 0 Å². The SMILES string of the molecule is C=C/C=C(\C=C/C)CO.COC(=O)C1=COCC2C(C(=O)Cl)=CCC12. The number of allylic oxidation sites excluding steroid dienone is 4. The van der Waals surface area contributed by atoms with Crippen LogP contribution < -0.4 is 0 Å². The Morgan fingerprint density at radius 3 is 2.68 bits per heavy atom. The van der Waals surface area contributed by atoms with Crippen LogP contribution >= 0.6 is 11.6 Å². The van der Waals surface area contributed by atoms with E-state index in [1.165, 1.54) is 13.4 Å². The minimum atomic E-state index is -0.470. The van der Waals surface area contributed by atoms with E-state index in [9.17, 15) is 9.59 Å². The second-order valence-corrected chi connectivity index (χ2v) is 5.76. The van der Waals surface area contributed by atoms with E-state index in [0.29, 0.717) is 24.2 Å². The molecule has 0 aromatic carbocycles. The summed E-state index contributed by atoms with van der Waals surface area (Å²) in [6.07, 6.45) is 11.0. The number of hydrogen-bond donors (Lipinski definition) is 1. The van der Waals surface area contributed by atoms with Crippen molar-refractivity contribution in [1.29, 1.82) is 0 Å². The number of hydrogen-bond acceptors (Lipinski definition) is 5. The van der Waals surface area contributed by atoms with E-state index in [0.717, 1.165) is 5.57 Å². The quantitative estimate of drug-likeness (QED) is 0.460. The average molecular weight is 367 g/mol. The highest BCUT2D eigenvalue weighted by Gasteiger charge is 2.40. The van der Waals surface area contributed by atoms with Crippen LogP contribution in [0.4, 0.5) is 0 Å². The van der Waals surface area contributed by atoms with Crippen molar-refractivity contribution in [3.63, 3.8) is 0 Å². The predicted octanol–water partition coefficient (Wildman–Crippen LogP) is 3.07. The Balaban J connectivity index is 0.000000299.